The fourth-order valence-corrected chi connectivity index (χ4v) is 2.12. The molecule has 0 saturated carbocycles. The largest absolute Gasteiger partial charge is 0.352 e. The molecule has 1 aromatic carbocycles. The lowest BCUT2D eigenvalue weighted by molar-refractivity contribution is -0.130. The average Bonchev–Trinajstić information content (AvgIpc) is 2.44. The first kappa shape index (κ1) is 17.0. The molecule has 0 aliphatic heterocycles. The van der Waals surface area contributed by atoms with E-state index in [9.17, 15) is 9.59 Å². The highest BCUT2D eigenvalue weighted by molar-refractivity contribution is 5.78. The van der Waals surface area contributed by atoms with Gasteiger partial charge in [0.05, 0.1) is 12.5 Å². The molecule has 0 radical (unpaired) electrons. The normalized spacial score (nSPS) is 11.8. The van der Waals surface area contributed by atoms with E-state index in [2.05, 4.69) is 10.6 Å². The molecule has 3 amide bonds. The lowest BCUT2D eigenvalue weighted by Crippen LogP contribution is -2.39. The number of hydrogen-bond donors (Lipinski definition) is 3. The van der Waals surface area contributed by atoms with Crippen LogP contribution in [-0.2, 0) is 4.79 Å². The molecule has 0 bridgehead atoms. The van der Waals surface area contributed by atoms with Gasteiger partial charge >= 0.3 is 6.03 Å². The first-order valence-corrected chi connectivity index (χ1v) is 6.95. The molecule has 6 nitrogen and oxygen atoms in total. The highest BCUT2D eigenvalue weighted by Gasteiger charge is 2.20. The number of nitrogens with zero attached hydrogens (tertiary/aromatic N) is 1. The van der Waals surface area contributed by atoms with Crippen molar-refractivity contribution in [3.05, 3.63) is 35.4 Å². The van der Waals surface area contributed by atoms with Crippen LogP contribution in [0, 0.1) is 6.92 Å². The highest BCUT2D eigenvalue weighted by atomic mass is 16.2. The summed E-state index contributed by atoms with van der Waals surface area (Å²) in [6.45, 7) is 3.28. The van der Waals surface area contributed by atoms with Crippen molar-refractivity contribution in [1.82, 2.24) is 15.5 Å². The number of amides is 3. The van der Waals surface area contributed by atoms with Gasteiger partial charge in [-0.2, -0.15) is 0 Å². The predicted octanol–water partition coefficient (Wildman–Crippen LogP) is 0.772. The molecule has 0 fully saturated rings. The fourth-order valence-electron chi connectivity index (χ4n) is 2.12. The number of carbonyl (C=O) groups excluding carboxylic acids is 2. The molecular formula is C15H24N4O2. The predicted molar refractivity (Wildman–Crippen MR) is 82.8 cm³/mol. The van der Waals surface area contributed by atoms with E-state index in [1.807, 2.05) is 38.2 Å². The van der Waals surface area contributed by atoms with Crippen molar-refractivity contribution in [1.29, 1.82) is 0 Å². The fraction of sp³-hybridized carbons (Fsp3) is 0.467. The Labute approximate surface area is 125 Å². The number of rotatable bonds is 7. The van der Waals surface area contributed by atoms with E-state index in [-0.39, 0.29) is 12.3 Å². The zero-order valence-electron chi connectivity index (χ0n) is 12.8. The van der Waals surface area contributed by atoms with Crippen molar-refractivity contribution >= 4 is 11.9 Å². The smallest absolute Gasteiger partial charge is 0.312 e. The summed E-state index contributed by atoms with van der Waals surface area (Å²) in [5.74, 6) is -0.0350. The number of benzene rings is 1. The third-order valence-electron chi connectivity index (χ3n) is 3.38. The molecule has 1 aromatic rings. The second kappa shape index (κ2) is 8.26. The summed E-state index contributed by atoms with van der Waals surface area (Å²) in [5.41, 5.74) is 7.15. The molecule has 1 atom stereocenters. The van der Waals surface area contributed by atoms with Crippen LogP contribution in [0.15, 0.2) is 24.3 Å². The first-order chi connectivity index (χ1) is 9.95. The molecular weight excluding hydrogens is 268 g/mol. The van der Waals surface area contributed by atoms with E-state index in [0.29, 0.717) is 6.54 Å². The Bertz CT molecular complexity index is 490. The summed E-state index contributed by atoms with van der Waals surface area (Å²) < 4.78 is 0. The third kappa shape index (κ3) is 5.43. The van der Waals surface area contributed by atoms with E-state index < -0.39 is 12.1 Å². The lowest BCUT2D eigenvalue weighted by Gasteiger charge is -2.23. The lowest BCUT2D eigenvalue weighted by atomic mass is 9.98. The van der Waals surface area contributed by atoms with Crippen LogP contribution in [-0.4, -0.2) is 44.0 Å². The number of hydrogen-bond acceptors (Lipinski definition) is 3. The number of nitrogens with two attached hydrogens (primary N) is 1. The van der Waals surface area contributed by atoms with Gasteiger partial charge in [-0.25, -0.2) is 4.79 Å². The highest BCUT2D eigenvalue weighted by Crippen LogP contribution is 2.21. The van der Waals surface area contributed by atoms with Crippen molar-refractivity contribution in [2.45, 2.75) is 19.4 Å². The van der Waals surface area contributed by atoms with Gasteiger partial charge in [0.25, 0.3) is 0 Å². The minimum atomic E-state index is -0.631. The van der Waals surface area contributed by atoms with Crippen LogP contribution < -0.4 is 16.4 Å². The SMILES string of the molecule is CNCCN(C)C(=O)CC(NC(N)=O)c1ccccc1C. The summed E-state index contributed by atoms with van der Waals surface area (Å²) in [4.78, 5) is 25.1. The molecule has 0 aromatic heterocycles. The monoisotopic (exact) mass is 292 g/mol. The van der Waals surface area contributed by atoms with E-state index in [0.717, 1.165) is 17.7 Å². The molecule has 1 unspecified atom stereocenters. The maximum absolute atomic E-state index is 12.2. The van der Waals surface area contributed by atoms with Crippen molar-refractivity contribution in [2.75, 3.05) is 27.2 Å². The summed E-state index contributed by atoms with van der Waals surface area (Å²) in [7, 11) is 3.59. The van der Waals surface area contributed by atoms with Gasteiger partial charge in [-0.15, -0.1) is 0 Å². The summed E-state index contributed by atoms with van der Waals surface area (Å²) >= 11 is 0. The Morgan fingerprint density at radius 1 is 1.33 bits per heavy atom. The quantitative estimate of drug-likeness (QED) is 0.694. The van der Waals surface area contributed by atoms with Gasteiger partial charge in [0.2, 0.25) is 5.91 Å². The zero-order valence-corrected chi connectivity index (χ0v) is 12.8. The van der Waals surface area contributed by atoms with Crippen molar-refractivity contribution < 1.29 is 9.59 Å². The number of nitrogens with one attached hydrogen (secondary N) is 2. The number of primary amides is 1. The van der Waals surface area contributed by atoms with Crippen LogP contribution in [0.4, 0.5) is 4.79 Å². The Kier molecular flexibility index (Phi) is 6.68. The molecule has 0 aliphatic carbocycles. The standard InChI is InChI=1S/C15H24N4O2/c1-11-6-4-5-7-12(11)13(18-15(16)21)10-14(20)19(3)9-8-17-2/h4-7,13,17H,8-10H2,1-3H3,(H3,16,18,21). The zero-order chi connectivity index (χ0) is 15.8. The first-order valence-electron chi connectivity index (χ1n) is 6.95. The van der Waals surface area contributed by atoms with E-state index in [1.165, 1.54) is 0 Å². The van der Waals surface area contributed by atoms with Crippen molar-refractivity contribution in [2.24, 2.45) is 5.73 Å². The molecule has 0 aliphatic rings. The van der Waals surface area contributed by atoms with Crippen LogP contribution in [0.3, 0.4) is 0 Å². The molecule has 0 spiro atoms. The van der Waals surface area contributed by atoms with Crippen LogP contribution in [0.5, 0.6) is 0 Å². The third-order valence-corrected chi connectivity index (χ3v) is 3.38. The van der Waals surface area contributed by atoms with Crippen LogP contribution in [0.25, 0.3) is 0 Å². The van der Waals surface area contributed by atoms with Gasteiger partial charge in [0.1, 0.15) is 0 Å². The van der Waals surface area contributed by atoms with Crippen molar-refractivity contribution in [3.8, 4) is 0 Å². The number of aryl methyl sites for hydroxylation is 1. The van der Waals surface area contributed by atoms with Gasteiger partial charge in [0, 0.05) is 20.1 Å². The molecule has 1 rings (SSSR count). The van der Waals surface area contributed by atoms with Gasteiger partial charge < -0.3 is 21.3 Å². The van der Waals surface area contributed by atoms with E-state index in [1.54, 1.807) is 11.9 Å². The summed E-state index contributed by atoms with van der Waals surface area (Å²) in [6.07, 6.45) is 0.188. The van der Waals surface area contributed by atoms with E-state index >= 15 is 0 Å². The second-order valence-corrected chi connectivity index (χ2v) is 5.04. The second-order valence-electron chi connectivity index (χ2n) is 5.04. The Hall–Kier alpha value is -2.08. The average molecular weight is 292 g/mol. The van der Waals surface area contributed by atoms with E-state index in [4.69, 9.17) is 5.73 Å². The summed E-state index contributed by atoms with van der Waals surface area (Å²) in [5, 5.41) is 5.65. The Balaban J connectivity index is 2.82. The van der Waals surface area contributed by atoms with Gasteiger partial charge in [-0.1, -0.05) is 24.3 Å². The molecule has 0 saturated heterocycles. The molecule has 116 valence electrons. The van der Waals surface area contributed by atoms with Gasteiger partial charge in [0.15, 0.2) is 0 Å². The van der Waals surface area contributed by atoms with Crippen LogP contribution >= 0.6 is 0 Å². The number of urea groups is 1. The van der Waals surface area contributed by atoms with Gasteiger partial charge in [-0.05, 0) is 25.1 Å². The molecule has 4 N–H and O–H groups in total. The Morgan fingerprint density at radius 3 is 2.57 bits per heavy atom. The van der Waals surface area contributed by atoms with Crippen molar-refractivity contribution in [3.63, 3.8) is 0 Å². The maximum Gasteiger partial charge on any atom is 0.312 e. The van der Waals surface area contributed by atoms with Gasteiger partial charge in [-0.3, -0.25) is 4.79 Å². The number of likely N-dealkylation sites (N-methyl/N-ethyl adjacent to an activating group) is 2. The minimum Gasteiger partial charge on any atom is -0.352 e. The maximum atomic E-state index is 12.2. The number of carbonyl (C=O) groups is 2. The molecule has 6 heteroatoms. The van der Waals surface area contributed by atoms with Crippen LogP contribution in [0.2, 0.25) is 0 Å². The topological polar surface area (TPSA) is 87.5 Å². The molecule has 21 heavy (non-hydrogen) atoms. The Morgan fingerprint density at radius 2 is 2.00 bits per heavy atom. The van der Waals surface area contributed by atoms with Crippen LogP contribution in [0.1, 0.15) is 23.6 Å². The minimum absolute atomic E-state index is 0.0350. The summed E-state index contributed by atoms with van der Waals surface area (Å²) in [6, 6.07) is 6.60. The molecule has 0 heterocycles.